The molecule has 0 aromatic carbocycles. The van der Waals surface area contributed by atoms with Gasteiger partial charge in [0.25, 0.3) is 0 Å². The van der Waals surface area contributed by atoms with Crippen molar-refractivity contribution in [2.45, 2.75) is 46.6 Å². The van der Waals surface area contributed by atoms with Crippen LogP contribution in [-0.2, 0) is 0 Å². The lowest BCUT2D eigenvalue weighted by Gasteiger charge is -2.38. The number of rotatable bonds is 1. The van der Waals surface area contributed by atoms with Gasteiger partial charge in [-0.15, -0.1) is 0 Å². The zero-order chi connectivity index (χ0) is 9.30. The predicted octanol–water partition coefficient (Wildman–Crippen LogP) is 2.69. The molecule has 0 radical (unpaired) electrons. The molecule has 12 heavy (non-hydrogen) atoms. The van der Waals surface area contributed by atoms with Gasteiger partial charge in [0, 0.05) is 0 Å². The van der Waals surface area contributed by atoms with Crippen LogP contribution in [0.1, 0.15) is 40.5 Å². The van der Waals surface area contributed by atoms with Crippen molar-refractivity contribution in [1.82, 2.24) is 0 Å². The maximum Gasteiger partial charge on any atom is 0.0571 e. The zero-order valence-electron chi connectivity index (χ0n) is 8.75. The van der Waals surface area contributed by atoms with Gasteiger partial charge in [-0.2, -0.15) is 0 Å². The Hall–Kier alpha value is -0.0400. The van der Waals surface area contributed by atoms with Crippen LogP contribution in [0.5, 0.6) is 0 Å². The third-order valence-electron chi connectivity index (χ3n) is 3.67. The molecule has 1 saturated carbocycles. The molecule has 0 saturated heterocycles. The van der Waals surface area contributed by atoms with Gasteiger partial charge in [-0.25, -0.2) is 0 Å². The highest BCUT2D eigenvalue weighted by Gasteiger charge is 2.32. The van der Waals surface area contributed by atoms with Crippen molar-refractivity contribution < 1.29 is 5.11 Å². The van der Waals surface area contributed by atoms with Crippen LogP contribution < -0.4 is 0 Å². The summed E-state index contributed by atoms with van der Waals surface area (Å²) in [7, 11) is 0. The SMILES string of the molecule is CC(C)C1CC(C)C(C)C(O)C1. The topological polar surface area (TPSA) is 20.2 Å². The van der Waals surface area contributed by atoms with Gasteiger partial charge in [0.2, 0.25) is 0 Å². The number of hydrogen-bond donors (Lipinski definition) is 1. The molecule has 1 N–H and O–H groups in total. The zero-order valence-corrected chi connectivity index (χ0v) is 8.75. The average molecular weight is 170 g/mol. The van der Waals surface area contributed by atoms with Crippen LogP contribution in [0, 0.1) is 23.7 Å². The Bertz CT molecular complexity index is 130. The Balaban J connectivity index is 2.53. The molecular formula is C11H22O. The molecule has 4 unspecified atom stereocenters. The number of aliphatic hydroxyl groups excluding tert-OH is 1. The van der Waals surface area contributed by atoms with E-state index in [9.17, 15) is 5.11 Å². The molecule has 72 valence electrons. The molecule has 0 bridgehead atoms. The fourth-order valence-electron chi connectivity index (χ4n) is 2.24. The first-order valence-electron chi connectivity index (χ1n) is 5.20. The van der Waals surface area contributed by atoms with E-state index in [1.807, 2.05) is 0 Å². The molecule has 1 aliphatic carbocycles. The van der Waals surface area contributed by atoms with Gasteiger partial charge in [0.1, 0.15) is 0 Å². The van der Waals surface area contributed by atoms with Crippen LogP contribution in [0.2, 0.25) is 0 Å². The first-order valence-corrected chi connectivity index (χ1v) is 5.20. The molecule has 1 aliphatic rings. The van der Waals surface area contributed by atoms with Crippen LogP contribution in [0.3, 0.4) is 0 Å². The minimum Gasteiger partial charge on any atom is -0.393 e. The molecule has 1 nitrogen and oxygen atoms in total. The fourth-order valence-corrected chi connectivity index (χ4v) is 2.24. The summed E-state index contributed by atoms with van der Waals surface area (Å²) in [4.78, 5) is 0. The normalized spacial score (nSPS) is 43.5. The van der Waals surface area contributed by atoms with E-state index in [-0.39, 0.29) is 6.10 Å². The standard InChI is InChI=1S/C11H22O/c1-7(2)10-5-8(3)9(4)11(12)6-10/h7-12H,5-6H2,1-4H3. The van der Waals surface area contributed by atoms with Crippen molar-refractivity contribution in [3.63, 3.8) is 0 Å². The van der Waals surface area contributed by atoms with Gasteiger partial charge in [-0.3, -0.25) is 0 Å². The van der Waals surface area contributed by atoms with E-state index in [1.54, 1.807) is 0 Å². The Kier molecular flexibility index (Phi) is 3.16. The van der Waals surface area contributed by atoms with Crippen LogP contribution in [0.15, 0.2) is 0 Å². The third kappa shape index (κ3) is 2.01. The van der Waals surface area contributed by atoms with Crippen molar-refractivity contribution in [2.75, 3.05) is 0 Å². The largest absolute Gasteiger partial charge is 0.393 e. The Morgan fingerprint density at radius 2 is 1.75 bits per heavy atom. The lowest BCUT2D eigenvalue weighted by atomic mass is 9.70. The van der Waals surface area contributed by atoms with Crippen LogP contribution in [0.25, 0.3) is 0 Å². The second kappa shape index (κ2) is 3.78. The molecule has 4 atom stereocenters. The smallest absolute Gasteiger partial charge is 0.0571 e. The highest BCUT2D eigenvalue weighted by molar-refractivity contribution is 4.82. The molecule has 0 amide bonds. The van der Waals surface area contributed by atoms with E-state index < -0.39 is 0 Å². The molecule has 0 aromatic heterocycles. The second-order valence-corrected chi connectivity index (χ2v) is 4.88. The minimum absolute atomic E-state index is 0.0545. The highest BCUT2D eigenvalue weighted by Crippen LogP contribution is 2.36. The van der Waals surface area contributed by atoms with Crippen LogP contribution in [0.4, 0.5) is 0 Å². The summed E-state index contributed by atoms with van der Waals surface area (Å²) in [5, 5.41) is 9.77. The Labute approximate surface area is 76.2 Å². The molecular weight excluding hydrogens is 148 g/mol. The Morgan fingerprint density at radius 3 is 2.17 bits per heavy atom. The first-order chi connectivity index (χ1) is 5.52. The molecule has 1 heteroatoms. The molecule has 0 heterocycles. The van der Waals surface area contributed by atoms with E-state index in [0.717, 1.165) is 18.3 Å². The van der Waals surface area contributed by atoms with Crippen LogP contribution >= 0.6 is 0 Å². The molecule has 0 aliphatic heterocycles. The quantitative estimate of drug-likeness (QED) is 0.641. The average Bonchev–Trinajstić information content (AvgIpc) is 1.99. The molecule has 1 fully saturated rings. The maximum absolute atomic E-state index is 9.77. The van der Waals surface area contributed by atoms with Crippen molar-refractivity contribution in [3.05, 3.63) is 0 Å². The van der Waals surface area contributed by atoms with Gasteiger partial charge in [0.05, 0.1) is 6.10 Å². The predicted molar refractivity (Wildman–Crippen MR) is 51.9 cm³/mol. The molecule has 0 aromatic rings. The van der Waals surface area contributed by atoms with Gasteiger partial charge < -0.3 is 5.11 Å². The van der Waals surface area contributed by atoms with Crippen molar-refractivity contribution >= 4 is 0 Å². The Morgan fingerprint density at radius 1 is 1.17 bits per heavy atom. The van der Waals surface area contributed by atoms with Gasteiger partial charge in [0.15, 0.2) is 0 Å². The summed E-state index contributed by atoms with van der Waals surface area (Å²) in [6, 6.07) is 0. The summed E-state index contributed by atoms with van der Waals surface area (Å²) >= 11 is 0. The lowest BCUT2D eigenvalue weighted by molar-refractivity contribution is 0.00970. The van der Waals surface area contributed by atoms with Crippen molar-refractivity contribution in [2.24, 2.45) is 23.7 Å². The van der Waals surface area contributed by atoms with Gasteiger partial charge in [-0.1, -0.05) is 27.7 Å². The van der Waals surface area contributed by atoms with E-state index in [1.165, 1.54) is 6.42 Å². The van der Waals surface area contributed by atoms with E-state index in [0.29, 0.717) is 11.8 Å². The summed E-state index contributed by atoms with van der Waals surface area (Å²) in [5.74, 6) is 2.67. The van der Waals surface area contributed by atoms with Crippen molar-refractivity contribution in [1.29, 1.82) is 0 Å². The molecule has 0 spiro atoms. The minimum atomic E-state index is -0.0545. The van der Waals surface area contributed by atoms with Crippen LogP contribution in [-0.4, -0.2) is 11.2 Å². The van der Waals surface area contributed by atoms with Gasteiger partial charge >= 0.3 is 0 Å². The third-order valence-corrected chi connectivity index (χ3v) is 3.67. The van der Waals surface area contributed by atoms with Gasteiger partial charge in [-0.05, 0) is 36.5 Å². The number of hydrogen-bond acceptors (Lipinski definition) is 1. The maximum atomic E-state index is 9.77. The molecule has 1 rings (SSSR count). The van der Waals surface area contributed by atoms with Crippen molar-refractivity contribution in [3.8, 4) is 0 Å². The fraction of sp³-hybridized carbons (Fsp3) is 1.00. The first kappa shape index (κ1) is 10.0. The summed E-state index contributed by atoms with van der Waals surface area (Å²) in [5.41, 5.74) is 0. The lowest BCUT2D eigenvalue weighted by Crippen LogP contribution is -2.35. The monoisotopic (exact) mass is 170 g/mol. The van der Waals surface area contributed by atoms with E-state index in [2.05, 4.69) is 27.7 Å². The summed E-state index contributed by atoms with van der Waals surface area (Å²) in [6.45, 7) is 8.97. The highest BCUT2D eigenvalue weighted by atomic mass is 16.3. The number of aliphatic hydroxyl groups is 1. The van der Waals surface area contributed by atoms with E-state index in [4.69, 9.17) is 0 Å². The van der Waals surface area contributed by atoms with E-state index >= 15 is 0 Å². The second-order valence-electron chi connectivity index (χ2n) is 4.88. The summed E-state index contributed by atoms with van der Waals surface area (Å²) in [6.07, 6.45) is 2.26. The summed E-state index contributed by atoms with van der Waals surface area (Å²) < 4.78 is 0.